The summed E-state index contributed by atoms with van der Waals surface area (Å²) in [7, 11) is -3.03. The van der Waals surface area contributed by atoms with Crippen LogP contribution < -0.4 is 0 Å². The lowest BCUT2D eigenvalue weighted by Gasteiger charge is -2.40. The highest BCUT2D eigenvalue weighted by Crippen LogP contribution is 2.70. The molecule has 0 heterocycles. The number of carbonyl (C=O) groups excluding carboxylic acids is 1. The van der Waals surface area contributed by atoms with E-state index in [2.05, 4.69) is 36.4 Å². The van der Waals surface area contributed by atoms with Crippen molar-refractivity contribution in [2.24, 2.45) is 0 Å². The molecule has 0 bridgehead atoms. The van der Waals surface area contributed by atoms with E-state index >= 15 is 0 Å². The number of hydrogen-bond acceptors (Lipinski definition) is 2. The Labute approximate surface area is 262 Å². The Kier molecular flexibility index (Phi) is 9.75. The van der Waals surface area contributed by atoms with Crippen molar-refractivity contribution in [2.45, 2.75) is 135 Å². The molecule has 0 saturated heterocycles. The fourth-order valence-corrected chi connectivity index (χ4v) is 10.8. The highest BCUT2D eigenvalue weighted by atomic mass is 32.3. The van der Waals surface area contributed by atoms with Gasteiger partial charge in [0.25, 0.3) is 0 Å². The van der Waals surface area contributed by atoms with E-state index in [4.69, 9.17) is 4.18 Å². The molecule has 2 nitrogen and oxygen atoms in total. The minimum Gasteiger partial charge on any atom is -0.395 e. The van der Waals surface area contributed by atoms with Gasteiger partial charge in [0.05, 0.1) is 0 Å². The molecule has 0 N–H and O–H groups in total. The number of alkyl halides is 3. The highest BCUT2D eigenvalue weighted by molar-refractivity contribution is 8.30. The second-order valence-electron chi connectivity index (χ2n) is 13.1. The predicted molar refractivity (Wildman–Crippen MR) is 171 cm³/mol. The summed E-state index contributed by atoms with van der Waals surface area (Å²) < 4.78 is 47.8. The Morgan fingerprint density at radius 3 is 1.02 bits per heavy atom. The normalized spacial score (nSPS) is 19.9. The van der Waals surface area contributed by atoms with Crippen molar-refractivity contribution in [1.82, 2.24) is 0 Å². The number of benzene rings is 3. The molecule has 3 fully saturated rings. The summed E-state index contributed by atoms with van der Waals surface area (Å²) in [4.78, 5) is 14.7. The van der Waals surface area contributed by atoms with E-state index in [1.165, 1.54) is 74.5 Å². The second-order valence-corrected chi connectivity index (χ2v) is 15.8. The van der Waals surface area contributed by atoms with Gasteiger partial charge in [0.2, 0.25) is 0 Å². The minimum atomic E-state index is -5.11. The van der Waals surface area contributed by atoms with Gasteiger partial charge in [0, 0.05) is 14.7 Å². The first-order valence-electron chi connectivity index (χ1n) is 16.8. The van der Waals surface area contributed by atoms with Gasteiger partial charge in [-0.2, -0.15) is 13.2 Å². The molecule has 0 atom stereocenters. The zero-order valence-electron chi connectivity index (χ0n) is 25.6. The molecule has 44 heavy (non-hydrogen) atoms. The molecule has 3 aromatic rings. The van der Waals surface area contributed by atoms with Gasteiger partial charge in [0.1, 0.15) is 0 Å². The third-order valence-electron chi connectivity index (χ3n) is 10.3. The zero-order chi connectivity index (χ0) is 30.6. The zero-order valence-corrected chi connectivity index (χ0v) is 26.4. The van der Waals surface area contributed by atoms with Crippen LogP contribution in [-0.2, 0) is 8.98 Å². The van der Waals surface area contributed by atoms with Crippen LogP contribution in [0.2, 0.25) is 0 Å². The first kappa shape index (κ1) is 31.3. The molecular formula is C38H45F3O2S. The van der Waals surface area contributed by atoms with Crippen LogP contribution in [0.5, 0.6) is 0 Å². The summed E-state index contributed by atoms with van der Waals surface area (Å²) in [5.41, 5.74) is 3.64. The van der Waals surface area contributed by atoms with Crippen LogP contribution in [0.1, 0.15) is 131 Å². The standard InChI is InChI=1S/C38H45F3O2S/c39-38(40,41)37(42)43-44(34-22-16-31(17-23-34)28-10-4-1-5-11-28,35-24-18-32(19-25-35)29-12-6-2-7-13-29)36-26-20-33(21-27-36)30-14-8-3-9-15-30/h16-30H,1-15H2. The predicted octanol–water partition coefficient (Wildman–Crippen LogP) is 12.1. The Bertz CT molecular complexity index is 1210. The van der Waals surface area contributed by atoms with E-state index in [1.807, 2.05) is 36.4 Å². The number of carbonyl (C=O) groups is 1. The fourth-order valence-electron chi connectivity index (χ4n) is 7.82. The Balaban J connectivity index is 1.46. The molecule has 0 aliphatic heterocycles. The van der Waals surface area contributed by atoms with Gasteiger partial charge in [-0.25, -0.2) is 4.79 Å². The Morgan fingerprint density at radius 2 is 0.773 bits per heavy atom. The summed E-state index contributed by atoms with van der Waals surface area (Å²) in [6.45, 7) is 0. The lowest BCUT2D eigenvalue weighted by Crippen LogP contribution is -2.27. The van der Waals surface area contributed by atoms with E-state index in [-0.39, 0.29) is 0 Å². The van der Waals surface area contributed by atoms with Gasteiger partial charge >= 0.3 is 12.1 Å². The average molecular weight is 623 g/mol. The van der Waals surface area contributed by atoms with Crippen LogP contribution in [0.3, 0.4) is 0 Å². The fraction of sp³-hybridized carbons (Fsp3) is 0.500. The summed E-state index contributed by atoms with van der Waals surface area (Å²) >= 11 is 0. The second kappa shape index (κ2) is 13.7. The van der Waals surface area contributed by atoms with E-state index in [9.17, 15) is 18.0 Å². The first-order valence-corrected chi connectivity index (χ1v) is 18.3. The average Bonchev–Trinajstić information content (AvgIpc) is 3.08. The quantitative estimate of drug-likeness (QED) is 0.262. The molecule has 0 spiro atoms. The van der Waals surface area contributed by atoms with Crippen LogP contribution in [0.4, 0.5) is 13.2 Å². The lowest BCUT2D eigenvalue weighted by atomic mass is 9.84. The molecule has 0 radical (unpaired) electrons. The van der Waals surface area contributed by atoms with E-state index < -0.39 is 22.5 Å². The molecule has 6 heteroatoms. The number of hydrogen-bond donors (Lipinski definition) is 0. The molecule has 236 valence electrons. The summed E-state index contributed by atoms with van der Waals surface area (Å²) in [5, 5.41) is 0. The molecule has 0 aromatic heterocycles. The topological polar surface area (TPSA) is 26.3 Å². The van der Waals surface area contributed by atoms with Crippen LogP contribution in [0.25, 0.3) is 0 Å². The SMILES string of the molecule is O=C(OS(c1ccc(C2CCCCC2)cc1)(c1ccc(C2CCCCC2)cc1)c1ccc(C2CCCCC2)cc1)C(F)(F)F. The van der Waals surface area contributed by atoms with E-state index in [0.717, 1.165) is 38.5 Å². The lowest BCUT2D eigenvalue weighted by molar-refractivity contribution is -0.188. The summed E-state index contributed by atoms with van der Waals surface area (Å²) in [6, 6.07) is 23.9. The summed E-state index contributed by atoms with van der Waals surface area (Å²) in [5.74, 6) is -0.755. The van der Waals surface area contributed by atoms with Crippen molar-refractivity contribution in [2.75, 3.05) is 0 Å². The Morgan fingerprint density at radius 1 is 0.500 bits per heavy atom. The molecule has 6 rings (SSSR count). The van der Waals surface area contributed by atoms with Crippen LogP contribution in [0, 0.1) is 0 Å². The number of halogens is 3. The highest BCUT2D eigenvalue weighted by Gasteiger charge is 2.47. The van der Waals surface area contributed by atoms with Gasteiger partial charge in [-0.15, -0.1) is 0 Å². The summed E-state index contributed by atoms with van der Waals surface area (Å²) in [6.07, 6.45) is 12.6. The van der Waals surface area contributed by atoms with Crippen molar-refractivity contribution in [3.05, 3.63) is 89.5 Å². The number of rotatable bonds is 7. The molecule has 3 aromatic carbocycles. The minimum absolute atomic E-state index is 0.462. The van der Waals surface area contributed by atoms with Gasteiger partial charge in [-0.05, 0) is 120 Å². The first-order chi connectivity index (χ1) is 21.3. The van der Waals surface area contributed by atoms with E-state index in [1.54, 1.807) is 0 Å². The molecule has 0 unspecified atom stereocenters. The van der Waals surface area contributed by atoms with Crippen molar-refractivity contribution in [1.29, 1.82) is 0 Å². The van der Waals surface area contributed by atoms with Crippen molar-refractivity contribution < 1.29 is 22.1 Å². The van der Waals surface area contributed by atoms with Gasteiger partial charge in [-0.1, -0.05) is 94.2 Å². The smallest absolute Gasteiger partial charge is 0.395 e. The third-order valence-corrected chi connectivity index (χ3v) is 13.5. The maximum Gasteiger partial charge on any atom is 0.491 e. The Hall–Kier alpha value is -2.73. The van der Waals surface area contributed by atoms with Crippen LogP contribution >= 0.6 is 10.3 Å². The molecule has 3 aliphatic rings. The maximum atomic E-state index is 14.0. The maximum absolute atomic E-state index is 14.0. The molecule has 0 amide bonds. The van der Waals surface area contributed by atoms with Gasteiger partial charge < -0.3 is 4.18 Å². The molecule has 3 aliphatic carbocycles. The largest absolute Gasteiger partial charge is 0.491 e. The van der Waals surface area contributed by atoms with Gasteiger partial charge in [-0.3, -0.25) is 0 Å². The van der Waals surface area contributed by atoms with Crippen molar-refractivity contribution >= 4 is 16.3 Å². The third kappa shape index (κ3) is 6.76. The van der Waals surface area contributed by atoms with E-state index in [0.29, 0.717) is 32.4 Å². The van der Waals surface area contributed by atoms with Crippen molar-refractivity contribution in [3.8, 4) is 0 Å². The van der Waals surface area contributed by atoms with Crippen molar-refractivity contribution in [3.63, 3.8) is 0 Å². The monoisotopic (exact) mass is 622 g/mol. The molecular weight excluding hydrogens is 577 g/mol. The van der Waals surface area contributed by atoms with Gasteiger partial charge in [0.15, 0.2) is 0 Å². The van der Waals surface area contributed by atoms with Crippen LogP contribution in [-0.4, -0.2) is 12.1 Å². The van der Waals surface area contributed by atoms with Crippen LogP contribution in [0.15, 0.2) is 87.5 Å². The molecule has 3 saturated carbocycles.